The Labute approximate surface area is 143 Å². The summed E-state index contributed by atoms with van der Waals surface area (Å²) in [6.07, 6.45) is 3.88. The molecule has 2 aromatic rings. The van der Waals surface area contributed by atoms with Gasteiger partial charge in [0.25, 0.3) is 5.91 Å². The molecule has 0 spiro atoms. The van der Waals surface area contributed by atoms with Gasteiger partial charge in [-0.3, -0.25) is 4.79 Å². The number of anilines is 2. The van der Waals surface area contributed by atoms with Crippen molar-refractivity contribution in [1.29, 1.82) is 0 Å². The van der Waals surface area contributed by atoms with Crippen LogP contribution in [0.2, 0.25) is 0 Å². The molecule has 1 N–H and O–H groups in total. The van der Waals surface area contributed by atoms with Crippen molar-refractivity contribution in [2.24, 2.45) is 0 Å². The summed E-state index contributed by atoms with van der Waals surface area (Å²) in [5.74, 6) is 1.26. The summed E-state index contributed by atoms with van der Waals surface area (Å²) < 4.78 is 0. The summed E-state index contributed by atoms with van der Waals surface area (Å²) >= 11 is 0. The molecule has 0 aliphatic carbocycles. The molecule has 1 aromatic heterocycles. The Morgan fingerprint density at radius 1 is 1.08 bits per heavy atom. The molecule has 1 amide bonds. The van der Waals surface area contributed by atoms with Gasteiger partial charge in [0.15, 0.2) is 0 Å². The lowest BCUT2D eigenvalue weighted by Crippen LogP contribution is -2.20. The molecule has 5 nitrogen and oxygen atoms in total. The minimum absolute atomic E-state index is 0.0757. The second-order valence-corrected chi connectivity index (χ2v) is 7.24. The number of aromatic nitrogens is 2. The van der Waals surface area contributed by atoms with Gasteiger partial charge >= 0.3 is 0 Å². The highest BCUT2D eigenvalue weighted by atomic mass is 16.1. The Morgan fingerprint density at radius 2 is 1.75 bits per heavy atom. The van der Waals surface area contributed by atoms with Crippen molar-refractivity contribution in [3.8, 4) is 0 Å². The second kappa shape index (κ2) is 6.59. The molecule has 5 heteroatoms. The van der Waals surface area contributed by atoms with Crippen LogP contribution in [0.5, 0.6) is 0 Å². The summed E-state index contributed by atoms with van der Waals surface area (Å²) in [5, 5.41) is 2.86. The summed E-state index contributed by atoms with van der Waals surface area (Å²) in [6.45, 7) is 8.49. The van der Waals surface area contributed by atoms with Crippen molar-refractivity contribution in [1.82, 2.24) is 9.97 Å². The number of benzene rings is 1. The molecule has 1 fully saturated rings. The molecule has 1 saturated heterocycles. The highest BCUT2D eigenvalue weighted by Gasteiger charge is 2.16. The van der Waals surface area contributed by atoms with E-state index in [-0.39, 0.29) is 11.3 Å². The summed E-state index contributed by atoms with van der Waals surface area (Å²) in [5.41, 5.74) is 1.91. The van der Waals surface area contributed by atoms with Crippen molar-refractivity contribution in [3.63, 3.8) is 0 Å². The van der Waals surface area contributed by atoms with E-state index in [4.69, 9.17) is 0 Å². The molecular formula is C19H24N4O. The fourth-order valence-corrected chi connectivity index (χ4v) is 2.84. The number of nitrogens with one attached hydrogen (secondary N) is 1. The van der Waals surface area contributed by atoms with E-state index in [1.165, 1.54) is 24.7 Å². The molecule has 3 rings (SSSR count). The first-order valence-corrected chi connectivity index (χ1v) is 8.42. The standard InChI is InChI=1S/C19H24N4O/c1-19(2,3)15-8-6-14(7-9-15)18(24)22-16-12-17(21-13-20-16)23-10-4-5-11-23/h6-9,12-13H,4-5,10-11H2,1-3H3,(H,20,21,22,24). The molecule has 1 aliphatic rings. The lowest BCUT2D eigenvalue weighted by atomic mass is 9.87. The van der Waals surface area contributed by atoms with E-state index in [0.717, 1.165) is 18.9 Å². The number of rotatable bonds is 3. The average Bonchev–Trinajstić information content (AvgIpc) is 3.09. The number of carbonyl (C=O) groups excluding carboxylic acids is 1. The Morgan fingerprint density at radius 3 is 2.38 bits per heavy atom. The topological polar surface area (TPSA) is 58.1 Å². The number of carbonyl (C=O) groups is 1. The van der Waals surface area contributed by atoms with Gasteiger partial charge in [-0.2, -0.15) is 0 Å². The molecule has 24 heavy (non-hydrogen) atoms. The number of nitrogens with zero attached hydrogens (tertiary/aromatic N) is 3. The first-order valence-electron chi connectivity index (χ1n) is 8.42. The molecule has 0 atom stereocenters. The maximum atomic E-state index is 12.4. The Bertz CT molecular complexity index is 713. The number of amides is 1. The highest BCUT2D eigenvalue weighted by Crippen LogP contribution is 2.23. The van der Waals surface area contributed by atoms with Gasteiger partial charge in [0.1, 0.15) is 18.0 Å². The van der Waals surface area contributed by atoms with Gasteiger partial charge in [-0.15, -0.1) is 0 Å². The van der Waals surface area contributed by atoms with E-state index >= 15 is 0 Å². The maximum Gasteiger partial charge on any atom is 0.256 e. The Kier molecular flexibility index (Phi) is 4.51. The van der Waals surface area contributed by atoms with Gasteiger partial charge in [-0.05, 0) is 36.0 Å². The Balaban J connectivity index is 1.71. The van der Waals surface area contributed by atoms with Crippen LogP contribution in [0.1, 0.15) is 49.5 Å². The van der Waals surface area contributed by atoms with Crippen molar-refractivity contribution in [2.45, 2.75) is 39.0 Å². The largest absolute Gasteiger partial charge is 0.356 e. The molecule has 0 saturated carbocycles. The van der Waals surface area contributed by atoms with E-state index < -0.39 is 0 Å². The monoisotopic (exact) mass is 324 g/mol. The van der Waals surface area contributed by atoms with Gasteiger partial charge < -0.3 is 10.2 Å². The van der Waals surface area contributed by atoms with E-state index in [1.54, 1.807) is 0 Å². The van der Waals surface area contributed by atoms with E-state index in [0.29, 0.717) is 11.4 Å². The summed E-state index contributed by atoms with van der Waals surface area (Å²) in [6, 6.07) is 9.57. The van der Waals surface area contributed by atoms with Crippen LogP contribution in [0.4, 0.5) is 11.6 Å². The third-order valence-corrected chi connectivity index (χ3v) is 4.34. The van der Waals surface area contributed by atoms with Crippen LogP contribution in [-0.2, 0) is 5.41 Å². The van der Waals surface area contributed by atoms with E-state index in [2.05, 4.69) is 41.0 Å². The van der Waals surface area contributed by atoms with Crippen LogP contribution >= 0.6 is 0 Å². The van der Waals surface area contributed by atoms with Crippen molar-refractivity contribution >= 4 is 17.5 Å². The molecule has 1 aliphatic heterocycles. The zero-order chi connectivity index (χ0) is 17.2. The summed E-state index contributed by atoms with van der Waals surface area (Å²) in [4.78, 5) is 23.1. The van der Waals surface area contributed by atoms with Gasteiger partial charge in [0.05, 0.1) is 0 Å². The number of hydrogen-bond acceptors (Lipinski definition) is 4. The molecule has 1 aromatic carbocycles. The average molecular weight is 324 g/mol. The van der Waals surface area contributed by atoms with Crippen LogP contribution in [0.25, 0.3) is 0 Å². The smallest absolute Gasteiger partial charge is 0.256 e. The third-order valence-electron chi connectivity index (χ3n) is 4.34. The predicted octanol–water partition coefficient (Wildman–Crippen LogP) is 3.63. The molecule has 0 unspecified atom stereocenters. The predicted molar refractivity (Wildman–Crippen MR) is 96.6 cm³/mol. The van der Waals surface area contributed by atoms with Crippen LogP contribution in [0.15, 0.2) is 36.7 Å². The van der Waals surface area contributed by atoms with Crippen LogP contribution in [-0.4, -0.2) is 29.0 Å². The first kappa shape index (κ1) is 16.4. The SMILES string of the molecule is CC(C)(C)c1ccc(C(=O)Nc2cc(N3CCCC3)ncn2)cc1. The van der Waals surface area contributed by atoms with E-state index in [1.807, 2.05) is 30.3 Å². The maximum absolute atomic E-state index is 12.4. The van der Waals surface area contributed by atoms with Gasteiger partial charge in [-0.1, -0.05) is 32.9 Å². The van der Waals surface area contributed by atoms with Crippen molar-refractivity contribution in [2.75, 3.05) is 23.3 Å². The summed E-state index contributed by atoms with van der Waals surface area (Å²) in [7, 11) is 0. The second-order valence-electron chi connectivity index (χ2n) is 7.24. The third kappa shape index (κ3) is 3.72. The molecule has 0 bridgehead atoms. The Hall–Kier alpha value is -2.43. The van der Waals surface area contributed by atoms with Crippen LogP contribution < -0.4 is 10.2 Å². The molecule has 2 heterocycles. The zero-order valence-electron chi connectivity index (χ0n) is 14.5. The van der Waals surface area contributed by atoms with Gasteiger partial charge in [0.2, 0.25) is 0 Å². The fourth-order valence-electron chi connectivity index (χ4n) is 2.84. The van der Waals surface area contributed by atoms with Gasteiger partial charge in [-0.25, -0.2) is 9.97 Å². The van der Waals surface area contributed by atoms with Crippen molar-refractivity contribution in [3.05, 3.63) is 47.8 Å². The fraction of sp³-hybridized carbons (Fsp3) is 0.421. The quantitative estimate of drug-likeness (QED) is 0.937. The normalized spacial score (nSPS) is 14.7. The molecular weight excluding hydrogens is 300 g/mol. The lowest BCUT2D eigenvalue weighted by molar-refractivity contribution is 0.102. The molecule has 0 radical (unpaired) electrons. The molecule has 126 valence electrons. The van der Waals surface area contributed by atoms with Crippen LogP contribution in [0.3, 0.4) is 0 Å². The minimum Gasteiger partial charge on any atom is -0.356 e. The zero-order valence-corrected chi connectivity index (χ0v) is 14.5. The lowest BCUT2D eigenvalue weighted by Gasteiger charge is -2.19. The minimum atomic E-state index is -0.151. The van der Waals surface area contributed by atoms with Gasteiger partial charge in [0, 0.05) is 24.7 Å². The number of hydrogen-bond donors (Lipinski definition) is 1. The van der Waals surface area contributed by atoms with E-state index in [9.17, 15) is 4.79 Å². The van der Waals surface area contributed by atoms with Crippen molar-refractivity contribution < 1.29 is 4.79 Å². The first-order chi connectivity index (χ1) is 11.4. The highest BCUT2D eigenvalue weighted by molar-refractivity contribution is 6.03. The van der Waals surface area contributed by atoms with Crippen LogP contribution in [0, 0.1) is 0 Å².